The maximum Gasteiger partial charge on any atom is 0.108 e. The molecule has 1 N–H and O–H groups in total. The normalized spacial score (nSPS) is 17.9. The van der Waals surface area contributed by atoms with Crippen LogP contribution in [-0.4, -0.2) is 6.54 Å². The van der Waals surface area contributed by atoms with Crippen molar-refractivity contribution in [1.29, 1.82) is 0 Å². The Morgan fingerprint density at radius 2 is 2.24 bits per heavy atom. The molecule has 2 rings (SSSR count). The van der Waals surface area contributed by atoms with Crippen molar-refractivity contribution in [1.82, 2.24) is 5.32 Å². The van der Waals surface area contributed by atoms with Gasteiger partial charge in [-0.3, -0.25) is 0 Å². The Morgan fingerprint density at radius 3 is 2.88 bits per heavy atom. The highest BCUT2D eigenvalue weighted by Gasteiger charge is 2.21. The largest absolute Gasteiger partial charge is 0.469 e. The fourth-order valence-electron chi connectivity index (χ4n) is 2.67. The summed E-state index contributed by atoms with van der Waals surface area (Å²) in [5.41, 5.74) is 2.89. The molecule has 0 fully saturated rings. The van der Waals surface area contributed by atoms with E-state index in [9.17, 15) is 0 Å². The number of hydrogen-bond donors (Lipinski definition) is 1. The fourth-order valence-corrected chi connectivity index (χ4v) is 2.67. The van der Waals surface area contributed by atoms with E-state index >= 15 is 0 Å². The van der Waals surface area contributed by atoms with E-state index in [1.54, 1.807) is 5.57 Å². The molecule has 0 aliphatic heterocycles. The Balaban J connectivity index is 2.24. The van der Waals surface area contributed by atoms with Gasteiger partial charge in [-0.15, -0.1) is 0 Å². The summed E-state index contributed by atoms with van der Waals surface area (Å²) in [6.07, 6.45) is 10.3. The van der Waals surface area contributed by atoms with Gasteiger partial charge in [-0.1, -0.05) is 25.5 Å². The molecule has 1 aromatic rings. The maximum atomic E-state index is 5.56. The van der Waals surface area contributed by atoms with Gasteiger partial charge in [0.2, 0.25) is 0 Å². The maximum absolute atomic E-state index is 5.56. The zero-order valence-electron chi connectivity index (χ0n) is 11.0. The summed E-state index contributed by atoms with van der Waals surface area (Å²) in [6, 6.07) is 2.50. The van der Waals surface area contributed by atoms with Crippen molar-refractivity contribution in [2.45, 2.75) is 52.0 Å². The molecule has 17 heavy (non-hydrogen) atoms. The van der Waals surface area contributed by atoms with Crippen molar-refractivity contribution in [3.05, 3.63) is 35.3 Å². The highest BCUT2D eigenvalue weighted by molar-refractivity contribution is 5.31. The lowest BCUT2D eigenvalue weighted by molar-refractivity contribution is 0.495. The zero-order chi connectivity index (χ0) is 12.1. The van der Waals surface area contributed by atoms with Crippen LogP contribution in [0.2, 0.25) is 0 Å². The lowest BCUT2D eigenvalue weighted by Crippen LogP contribution is -2.24. The van der Waals surface area contributed by atoms with E-state index in [0.29, 0.717) is 6.04 Å². The van der Waals surface area contributed by atoms with Crippen LogP contribution in [0.5, 0.6) is 0 Å². The number of allylic oxidation sites excluding steroid dienone is 1. The first kappa shape index (κ1) is 12.4. The zero-order valence-corrected chi connectivity index (χ0v) is 11.0. The van der Waals surface area contributed by atoms with Crippen molar-refractivity contribution in [3.8, 4) is 0 Å². The second-order valence-corrected chi connectivity index (χ2v) is 4.67. The van der Waals surface area contributed by atoms with E-state index in [2.05, 4.69) is 31.3 Å². The molecule has 0 spiro atoms. The van der Waals surface area contributed by atoms with Crippen LogP contribution in [0.1, 0.15) is 56.9 Å². The molecule has 0 bridgehead atoms. The van der Waals surface area contributed by atoms with Gasteiger partial charge in [0.25, 0.3) is 0 Å². The van der Waals surface area contributed by atoms with E-state index < -0.39 is 0 Å². The first-order valence-corrected chi connectivity index (χ1v) is 6.85. The van der Waals surface area contributed by atoms with Crippen LogP contribution >= 0.6 is 0 Å². The molecule has 1 atom stereocenters. The predicted octanol–water partition coefficient (Wildman–Crippen LogP) is 3.99. The molecule has 0 amide bonds. The molecule has 1 aliphatic carbocycles. The highest BCUT2D eigenvalue weighted by atomic mass is 16.3. The van der Waals surface area contributed by atoms with Gasteiger partial charge in [0.15, 0.2) is 0 Å². The summed E-state index contributed by atoms with van der Waals surface area (Å²) >= 11 is 0. The Hall–Kier alpha value is -1.02. The number of rotatable bonds is 5. The average Bonchev–Trinajstić information content (AvgIpc) is 2.85. The third-order valence-electron chi connectivity index (χ3n) is 3.52. The van der Waals surface area contributed by atoms with Crippen LogP contribution in [0.25, 0.3) is 0 Å². The van der Waals surface area contributed by atoms with Crippen molar-refractivity contribution in [2.24, 2.45) is 0 Å². The molecule has 1 unspecified atom stereocenters. The van der Waals surface area contributed by atoms with E-state index in [1.807, 2.05) is 6.26 Å². The van der Waals surface area contributed by atoms with Gasteiger partial charge in [-0.25, -0.2) is 0 Å². The standard InChI is InChI=1S/C15H23NO/c1-3-14-13(10-11-17-14)15(16-4-2)12-8-6-5-7-9-12/h8,10-11,15-16H,3-7,9H2,1-2H3. The van der Waals surface area contributed by atoms with Gasteiger partial charge in [0, 0.05) is 12.0 Å². The summed E-state index contributed by atoms with van der Waals surface area (Å²) in [5, 5.41) is 3.60. The number of aryl methyl sites for hydroxylation is 1. The Labute approximate surface area is 104 Å². The minimum atomic E-state index is 0.369. The Kier molecular flexibility index (Phi) is 4.43. The van der Waals surface area contributed by atoms with Crippen LogP contribution in [-0.2, 0) is 6.42 Å². The second-order valence-electron chi connectivity index (χ2n) is 4.67. The number of furan rings is 1. The van der Waals surface area contributed by atoms with Gasteiger partial charge in [-0.05, 0) is 38.3 Å². The molecule has 94 valence electrons. The molecule has 0 radical (unpaired) electrons. The fraction of sp³-hybridized carbons (Fsp3) is 0.600. The molecule has 0 saturated carbocycles. The lowest BCUT2D eigenvalue weighted by atomic mass is 9.89. The molecule has 2 heteroatoms. The topological polar surface area (TPSA) is 25.2 Å². The molecule has 0 saturated heterocycles. The molecular formula is C15H23NO. The molecule has 1 aromatic heterocycles. The Morgan fingerprint density at radius 1 is 1.35 bits per heavy atom. The molecule has 2 nitrogen and oxygen atoms in total. The summed E-state index contributed by atoms with van der Waals surface area (Å²) < 4.78 is 5.56. The minimum Gasteiger partial charge on any atom is -0.469 e. The van der Waals surface area contributed by atoms with E-state index in [4.69, 9.17) is 4.42 Å². The minimum absolute atomic E-state index is 0.369. The molecular weight excluding hydrogens is 210 g/mol. The first-order valence-electron chi connectivity index (χ1n) is 6.85. The van der Waals surface area contributed by atoms with Gasteiger partial charge < -0.3 is 9.73 Å². The van der Waals surface area contributed by atoms with Gasteiger partial charge in [0.05, 0.1) is 12.3 Å². The van der Waals surface area contributed by atoms with Crippen LogP contribution in [0.3, 0.4) is 0 Å². The van der Waals surface area contributed by atoms with Gasteiger partial charge >= 0.3 is 0 Å². The van der Waals surface area contributed by atoms with Crippen molar-refractivity contribution in [3.63, 3.8) is 0 Å². The quantitative estimate of drug-likeness (QED) is 0.778. The highest BCUT2D eigenvalue weighted by Crippen LogP contribution is 2.32. The average molecular weight is 233 g/mol. The lowest BCUT2D eigenvalue weighted by Gasteiger charge is -2.24. The number of nitrogens with one attached hydrogen (secondary N) is 1. The Bertz CT molecular complexity index is 378. The van der Waals surface area contributed by atoms with Crippen molar-refractivity contribution >= 4 is 0 Å². The molecule has 1 aliphatic rings. The van der Waals surface area contributed by atoms with Crippen LogP contribution in [0.4, 0.5) is 0 Å². The van der Waals surface area contributed by atoms with Gasteiger partial charge in [0.1, 0.15) is 5.76 Å². The van der Waals surface area contributed by atoms with E-state index in [0.717, 1.165) is 18.7 Å². The van der Waals surface area contributed by atoms with Crippen LogP contribution < -0.4 is 5.32 Å². The smallest absolute Gasteiger partial charge is 0.108 e. The van der Waals surface area contributed by atoms with Crippen molar-refractivity contribution in [2.75, 3.05) is 6.54 Å². The summed E-state index contributed by atoms with van der Waals surface area (Å²) in [5.74, 6) is 1.13. The molecule has 1 heterocycles. The summed E-state index contributed by atoms with van der Waals surface area (Å²) in [7, 11) is 0. The second kappa shape index (κ2) is 6.06. The van der Waals surface area contributed by atoms with Crippen molar-refractivity contribution < 1.29 is 4.42 Å². The van der Waals surface area contributed by atoms with E-state index in [1.165, 1.54) is 31.2 Å². The predicted molar refractivity (Wildman–Crippen MR) is 71.1 cm³/mol. The van der Waals surface area contributed by atoms with Gasteiger partial charge in [-0.2, -0.15) is 0 Å². The first-order chi connectivity index (χ1) is 8.36. The SMILES string of the molecule is CCNC(C1=CCCCC1)c1ccoc1CC. The van der Waals surface area contributed by atoms with Crippen LogP contribution in [0, 0.1) is 0 Å². The monoisotopic (exact) mass is 233 g/mol. The summed E-state index contributed by atoms with van der Waals surface area (Å²) in [6.45, 7) is 5.32. The number of likely N-dealkylation sites (N-methyl/N-ethyl adjacent to an activating group) is 1. The third kappa shape index (κ3) is 2.81. The third-order valence-corrected chi connectivity index (χ3v) is 3.52. The van der Waals surface area contributed by atoms with Crippen LogP contribution in [0.15, 0.2) is 28.4 Å². The summed E-state index contributed by atoms with van der Waals surface area (Å²) in [4.78, 5) is 0. The molecule has 0 aromatic carbocycles. The number of hydrogen-bond acceptors (Lipinski definition) is 2. The van der Waals surface area contributed by atoms with E-state index in [-0.39, 0.29) is 0 Å².